The Morgan fingerprint density at radius 3 is 2.72 bits per heavy atom. The van der Waals surface area contributed by atoms with Crippen LogP contribution in [0.3, 0.4) is 0 Å². The summed E-state index contributed by atoms with van der Waals surface area (Å²) in [5, 5.41) is 18.0. The van der Waals surface area contributed by atoms with E-state index in [4.69, 9.17) is 4.74 Å². The zero-order valence-electron chi connectivity index (χ0n) is 14.0. The molecule has 25 heavy (non-hydrogen) atoms. The first-order valence-corrected chi connectivity index (χ1v) is 7.69. The predicted octanol–water partition coefficient (Wildman–Crippen LogP) is 2.84. The van der Waals surface area contributed by atoms with Gasteiger partial charge in [-0.2, -0.15) is 5.26 Å². The van der Waals surface area contributed by atoms with Crippen molar-refractivity contribution in [3.05, 3.63) is 47.4 Å². The fourth-order valence-corrected chi connectivity index (χ4v) is 2.96. The number of hydrogen-bond acceptors (Lipinski definition) is 6. The molecule has 4 aromatic rings. The summed E-state index contributed by atoms with van der Waals surface area (Å²) in [7, 11) is 1.56. The fraction of sp³-hybridized carbons (Fsp3) is 0.167. The molecule has 7 heteroatoms. The summed E-state index contributed by atoms with van der Waals surface area (Å²) in [4.78, 5) is 8.94. The molecule has 1 aromatic carbocycles. The molecular formula is C18H14N6O. The molecule has 0 aliphatic rings. The van der Waals surface area contributed by atoms with Gasteiger partial charge in [0.2, 0.25) is 0 Å². The molecule has 0 aliphatic carbocycles. The second kappa shape index (κ2) is 5.53. The van der Waals surface area contributed by atoms with Gasteiger partial charge in [0.15, 0.2) is 11.5 Å². The first-order valence-electron chi connectivity index (χ1n) is 7.69. The van der Waals surface area contributed by atoms with Crippen molar-refractivity contribution in [3.8, 4) is 23.2 Å². The van der Waals surface area contributed by atoms with E-state index >= 15 is 0 Å². The van der Waals surface area contributed by atoms with Crippen LogP contribution in [0.5, 0.6) is 5.75 Å². The van der Waals surface area contributed by atoms with Gasteiger partial charge in [-0.15, -0.1) is 10.2 Å². The number of aromatic nitrogens is 5. The molecule has 0 unspecified atom stereocenters. The summed E-state index contributed by atoms with van der Waals surface area (Å²) < 4.78 is 7.35. The van der Waals surface area contributed by atoms with Crippen LogP contribution in [0.15, 0.2) is 30.5 Å². The Morgan fingerprint density at radius 1 is 1.16 bits per heavy atom. The van der Waals surface area contributed by atoms with E-state index in [9.17, 15) is 5.26 Å². The van der Waals surface area contributed by atoms with Gasteiger partial charge in [0, 0.05) is 23.5 Å². The van der Waals surface area contributed by atoms with Crippen molar-refractivity contribution >= 4 is 16.7 Å². The summed E-state index contributed by atoms with van der Waals surface area (Å²) >= 11 is 0. The van der Waals surface area contributed by atoms with Gasteiger partial charge in [-0.1, -0.05) is 0 Å². The molecule has 0 radical (unpaired) electrons. The minimum atomic E-state index is 0.485. The smallest absolute Gasteiger partial charge is 0.183 e. The molecule has 0 saturated heterocycles. The van der Waals surface area contributed by atoms with E-state index in [2.05, 4.69) is 26.2 Å². The predicted molar refractivity (Wildman–Crippen MR) is 92.3 cm³/mol. The molecule has 0 spiro atoms. The van der Waals surface area contributed by atoms with Crippen LogP contribution in [-0.4, -0.2) is 31.7 Å². The molecule has 0 atom stereocenters. The highest BCUT2D eigenvalue weighted by Gasteiger charge is 2.18. The maximum Gasteiger partial charge on any atom is 0.183 e. The maximum atomic E-state index is 9.35. The van der Waals surface area contributed by atoms with Gasteiger partial charge in [-0.3, -0.25) is 9.38 Å². The molecule has 4 rings (SSSR count). The van der Waals surface area contributed by atoms with Crippen molar-refractivity contribution in [2.45, 2.75) is 13.8 Å². The number of fused-ring (bicyclic) bond motifs is 3. The minimum absolute atomic E-state index is 0.485. The highest BCUT2D eigenvalue weighted by molar-refractivity contribution is 5.87. The van der Waals surface area contributed by atoms with Gasteiger partial charge in [0.05, 0.1) is 30.0 Å². The van der Waals surface area contributed by atoms with Crippen LogP contribution < -0.4 is 4.74 Å². The van der Waals surface area contributed by atoms with Crippen molar-refractivity contribution < 1.29 is 4.74 Å². The third-order valence-corrected chi connectivity index (χ3v) is 4.16. The fourth-order valence-electron chi connectivity index (χ4n) is 2.96. The summed E-state index contributed by atoms with van der Waals surface area (Å²) in [6, 6.07) is 9.43. The van der Waals surface area contributed by atoms with Crippen LogP contribution in [0.25, 0.3) is 28.1 Å². The Balaban J connectivity index is 2.21. The summed E-state index contributed by atoms with van der Waals surface area (Å²) in [5.74, 6) is 1.20. The number of benzene rings is 1. The summed E-state index contributed by atoms with van der Waals surface area (Å²) in [5.41, 5.74) is 4.97. The lowest BCUT2D eigenvalue weighted by atomic mass is 10.1. The first-order chi connectivity index (χ1) is 12.1. The molecule has 0 amide bonds. The Morgan fingerprint density at radius 2 is 2.00 bits per heavy atom. The van der Waals surface area contributed by atoms with Crippen molar-refractivity contribution in [2.24, 2.45) is 0 Å². The number of pyridine rings is 1. The molecule has 3 heterocycles. The zero-order chi connectivity index (χ0) is 17.6. The average molecular weight is 330 g/mol. The van der Waals surface area contributed by atoms with Gasteiger partial charge in [-0.25, -0.2) is 4.98 Å². The Hall–Kier alpha value is -3.53. The second-order valence-electron chi connectivity index (χ2n) is 5.67. The molecule has 0 saturated carbocycles. The molecular weight excluding hydrogens is 316 g/mol. The molecule has 0 aliphatic heterocycles. The number of ether oxygens (including phenoxy) is 1. The van der Waals surface area contributed by atoms with Crippen molar-refractivity contribution in [2.75, 3.05) is 7.11 Å². The Kier molecular flexibility index (Phi) is 3.32. The zero-order valence-corrected chi connectivity index (χ0v) is 14.0. The summed E-state index contributed by atoms with van der Waals surface area (Å²) in [6.07, 6.45) is 1.74. The Labute approximate surface area is 143 Å². The molecule has 0 fully saturated rings. The van der Waals surface area contributed by atoms with Crippen LogP contribution in [0.1, 0.15) is 17.0 Å². The van der Waals surface area contributed by atoms with Gasteiger partial charge in [0.25, 0.3) is 0 Å². The van der Waals surface area contributed by atoms with Crippen molar-refractivity contribution in [1.82, 2.24) is 24.6 Å². The number of hydrogen-bond donors (Lipinski definition) is 0. The van der Waals surface area contributed by atoms with Crippen LogP contribution in [-0.2, 0) is 0 Å². The molecule has 7 nitrogen and oxygen atoms in total. The maximum absolute atomic E-state index is 9.35. The lowest BCUT2D eigenvalue weighted by Gasteiger charge is -2.11. The van der Waals surface area contributed by atoms with Crippen LogP contribution >= 0.6 is 0 Å². The standard InChI is InChI=1S/C18H14N6O/c1-10-13(5-4-6-20-10)18-23-22-17-11(2)21-16-14(24(17)18)7-12(9-19)8-15(16)25-3/h4-8H,1-3H3. The average Bonchev–Trinajstić information content (AvgIpc) is 3.07. The third-order valence-electron chi connectivity index (χ3n) is 4.16. The summed E-state index contributed by atoms with van der Waals surface area (Å²) in [6.45, 7) is 3.80. The van der Waals surface area contributed by atoms with Gasteiger partial charge < -0.3 is 4.74 Å². The molecule has 0 N–H and O–H groups in total. The lowest BCUT2D eigenvalue weighted by Crippen LogP contribution is -2.01. The van der Waals surface area contributed by atoms with Gasteiger partial charge in [0.1, 0.15) is 11.3 Å². The lowest BCUT2D eigenvalue weighted by molar-refractivity contribution is 0.418. The largest absolute Gasteiger partial charge is 0.494 e. The SMILES string of the molecule is COc1cc(C#N)cc2c1nc(C)c1nnc(-c3cccnc3C)n12. The Bertz CT molecular complexity index is 1170. The van der Waals surface area contributed by atoms with E-state index in [1.165, 1.54) is 0 Å². The quantitative estimate of drug-likeness (QED) is 0.561. The van der Waals surface area contributed by atoms with Crippen LogP contribution in [0.4, 0.5) is 0 Å². The number of nitriles is 1. The normalized spacial score (nSPS) is 11.0. The topological polar surface area (TPSA) is 89.0 Å². The number of methoxy groups -OCH3 is 1. The highest BCUT2D eigenvalue weighted by atomic mass is 16.5. The van der Waals surface area contributed by atoms with E-state index in [-0.39, 0.29) is 0 Å². The monoisotopic (exact) mass is 330 g/mol. The number of aryl methyl sites for hydroxylation is 2. The minimum Gasteiger partial charge on any atom is -0.494 e. The van der Waals surface area contributed by atoms with E-state index < -0.39 is 0 Å². The van der Waals surface area contributed by atoms with Crippen molar-refractivity contribution in [3.63, 3.8) is 0 Å². The third kappa shape index (κ3) is 2.19. The van der Waals surface area contributed by atoms with Crippen LogP contribution in [0, 0.1) is 25.2 Å². The second-order valence-corrected chi connectivity index (χ2v) is 5.67. The van der Waals surface area contributed by atoms with Gasteiger partial charge in [-0.05, 0) is 32.0 Å². The first kappa shape index (κ1) is 15.0. The van der Waals surface area contributed by atoms with Gasteiger partial charge >= 0.3 is 0 Å². The molecule has 122 valence electrons. The number of nitrogens with zero attached hydrogens (tertiary/aromatic N) is 6. The number of rotatable bonds is 2. The van der Waals surface area contributed by atoms with E-state index in [0.29, 0.717) is 28.3 Å². The van der Waals surface area contributed by atoms with Crippen molar-refractivity contribution in [1.29, 1.82) is 5.26 Å². The van der Waals surface area contributed by atoms with E-state index in [1.807, 2.05) is 30.4 Å². The van der Waals surface area contributed by atoms with E-state index in [1.54, 1.807) is 25.4 Å². The highest BCUT2D eigenvalue weighted by Crippen LogP contribution is 2.30. The molecule has 0 bridgehead atoms. The van der Waals surface area contributed by atoms with Crippen LogP contribution in [0.2, 0.25) is 0 Å². The molecule has 3 aromatic heterocycles. The van der Waals surface area contributed by atoms with E-state index in [0.717, 1.165) is 22.5 Å².